The molecule has 6 nitrogen and oxygen atoms in total. The van der Waals surface area contributed by atoms with E-state index in [4.69, 9.17) is 12.2 Å². The molecule has 0 aromatic heterocycles. The lowest BCUT2D eigenvalue weighted by atomic mass is 10.2. The smallest absolute Gasteiger partial charge is 0.239 e. The highest BCUT2D eigenvalue weighted by molar-refractivity contribution is 8.23. The van der Waals surface area contributed by atoms with Gasteiger partial charge in [-0.05, 0) is 0 Å². The van der Waals surface area contributed by atoms with Crippen LogP contribution in [0.5, 0.6) is 0 Å². The Bertz CT molecular complexity index is 326. The van der Waals surface area contributed by atoms with Crippen LogP contribution in [0, 0.1) is 0 Å². The maximum atomic E-state index is 11.2. The van der Waals surface area contributed by atoms with Gasteiger partial charge in [0.05, 0.1) is 17.8 Å². The maximum Gasteiger partial charge on any atom is 0.239 e. The van der Waals surface area contributed by atoms with Crippen LogP contribution >= 0.6 is 24.0 Å². The average molecular weight is 247 g/mol. The van der Waals surface area contributed by atoms with Crippen molar-refractivity contribution in [2.45, 2.75) is 12.5 Å². The second kappa shape index (κ2) is 4.58. The van der Waals surface area contributed by atoms with Crippen LogP contribution in [0.1, 0.15) is 6.42 Å². The quantitative estimate of drug-likeness (QED) is 0.491. The molecule has 1 heterocycles. The van der Waals surface area contributed by atoms with Gasteiger partial charge >= 0.3 is 0 Å². The standard InChI is InChI=1S/C7H7NO5S2/c9-4-2-15-7(14)8(4)3(6(12)13)1-5(10)11/h3H,1-2H2,(H,10,11)(H,12,13)/p-2/t3-/m1/s1. The molecular formula is C7H5NO5S2-2. The molecule has 1 amide bonds. The summed E-state index contributed by atoms with van der Waals surface area (Å²) in [4.78, 5) is 32.9. The summed E-state index contributed by atoms with van der Waals surface area (Å²) in [5.74, 6) is -3.73. The van der Waals surface area contributed by atoms with E-state index < -0.39 is 30.3 Å². The Morgan fingerprint density at radius 2 is 2.13 bits per heavy atom. The maximum absolute atomic E-state index is 11.2. The fourth-order valence-electron chi connectivity index (χ4n) is 1.10. The molecule has 15 heavy (non-hydrogen) atoms. The molecule has 0 saturated carbocycles. The Hall–Kier alpha value is -1.15. The summed E-state index contributed by atoms with van der Waals surface area (Å²) in [5, 5.41) is 20.9. The molecule has 82 valence electrons. The number of aliphatic carboxylic acids is 2. The number of hydrogen-bond donors (Lipinski definition) is 0. The highest BCUT2D eigenvalue weighted by Crippen LogP contribution is 2.22. The molecule has 0 aromatic carbocycles. The first-order chi connectivity index (χ1) is 6.93. The minimum atomic E-state index is -1.66. The fourth-order valence-corrected chi connectivity index (χ4v) is 2.26. The Morgan fingerprint density at radius 3 is 2.47 bits per heavy atom. The van der Waals surface area contributed by atoms with Gasteiger partial charge in [-0.3, -0.25) is 9.69 Å². The second-order valence-electron chi connectivity index (χ2n) is 2.73. The van der Waals surface area contributed by atoms with Crippen LogP contribution in [0.25, 0.3) is 0 Å². The van der Waals surface area contributed by atoms with E-state index >= 15 is 0 Å². The van der Waals surface area contributed by atoms with Crippen LogP contribution in [-0.4, -0.2) is 38.9 Å². The number of thiocarbonyl (C=S) groups is 1. The first-order valence-electron chi connectivity index (χ1n) is 3.83. The molecule has 0 spiro atoms. The predicted octanol–water partition coefficient (Wildman–Crippen LogP) is -2.89. The lowest BCUT2D eigenvalue weighted by Gasteiger charge is -2.27. The molecule has 0 radical (unpaired) electrons. The molecule has 1 aliphatic rings. The third-order valence-electron chi connectivity index (χ3n) is 1.73. The molecule has 0 bridgehead atoms. The van der Waals surface area contributed by atoms with Crippen molar-refractivity contribution in [3.05, 3.63) is 0 Å². The summed E-state index contributed by atoms with van der Waals surface area (Å²) in [7, 11) is 0. The van der Waals surface area contributed by atoms with Crippen LogP contribution in [0.3, 0.4) is 0 Å². The van der Waals surface area contributed by atoms with Gasteiger partial charge in [0.2, 0.25) is 5.91 Å². The van der Waals surface area contributed by atoms with E-state index in [1.165, 1.54) is 0 Å². The van der Waals surface area contributed by atoms with E-state index in [1.807, 2.05) is 0 Å². The van der Waals surface area contributed by atoms with Gasteiger partial charge in [0.1, 0.15) is 4.32 Å². The summed E-state index contributed by atoms with van der Waals surface area (Å²) >= 11 is 5.72. The van der Waals surface area contributed by atoms with E-state index in [2.05, 4.69) is 0 Å². The van der Waals surface area contributed by atoms with Gasteiger partial charge in [-0.1, -0.05) is 24.0 Å². The highest BCUT2D eigenvalue weighted by atomic mass is 32.2. The zero-order valence-electron chi connectivity index (χ0n) is 7.30. The van der Waals surface area contributed by atoms with E-state index in [9.17, 15) is 24.6 Å². The molecule has 8 heteroatoms. The van der Waals surface area contributed by atoms with Gasteiger partial charge in [-0.15, -0.1) is 0 Å². The topological polar surface area (TPSA) is 101 Å². The Balaban J connectivity index is 2.88. The predicted molar refractivity (Wildman–Crippen MR) is 50.3 cm³/mol. The van der Waals surface area contributed by atoms with Gasteiger partial charge in [0, 0.05) is 12.4 Å². The summed E-state index contributed by atoms with van der Waals surface area (Å²) in [6.45, 7) is 0. The first-order valence-corrected chi connectivity index (χ1v) is 5.22. The van der Waals surface area contributed by atoms with Gasteiger partial charge in [0.15, 0.2) is 0 Å². The van der Waals surface area contributed by atoms with Crippen molar-refractivity contribution >= 4 is 46.1 Å². The zero-order chi connectivity index (χ0) is 11.6. The lowest BCUT2D eigenvalue weighted by molar-refractivity contribution is -0.319. The van der Waals surface area contributed by atoms with Gasteiger partial charge in [-0.25, -0.2) is 0 Å². The number of carbonyl (C=O) groups excluding carboxylic acids is 3. The molecule has 1 atom stereocenters. The van der Waals surface area contributed by atoms with Crippen molar-refractivity contribution in [3.63, 3.8) is 0 Å². The minimum Gasteiger partial charge on any atom is -0.550 e. The molecule has 0 N–H and O–H groups in total. The Kier molecular flexibility index (Phi) is 3.64. The van der Waals surface area contributed by atoms with Crippen LogP contribution in [0.15, 0.2) is 0 Å². The molecule has 0 aromatic rings. The number of carbonyl (C=O) groups is 3. The Labute approximate surface area is 94.2 Å². The third-order valence-corrected chi connectivity index (χ3v) is 3.11. The zero-order valence-corrected chi connectivity index (χ0v) is 8.93. The van der Waals surface area contributed by atoms with Crippen LogP contribution in [0.2, 0.25) is 0 Å². The van der Waals surface area contributed by atoms with E-state index in [0.29, 0.717) is 0 Å². The summed E-state index contributed by atoms with van der Waals surface area (Å²) in [6, 6.07) is -1.58. The second-order valence-corrected chi connectivity index (χ2v) is 4.34. The summed E-state index contributed by atoms with van der Waals surface area (Å²) in [5.41, 5.74) is 0. The molecular weight excluding hydrogens is 242 g/mol. The summed E-state index contributed by atoms with van der Waals surface area (Å²) in [6.07, 6.45) is -0.825. The number of carboxylic acid groups (broad SMARTS) is 2. The SMILES string of the molecule is O=C([O-])C[C@H](C(=O)[O-])N1C(=O)CSC1=S. The molecule has 0 aliphatic carbocycles. The number of amides is 1. The van der Waals surface area contributed by atoms with Crippen LogP contribution in [0.4, 0.5) is 0 Å². The van der Waals surface area contributed by atoms with E-state index in [-0.39, 0.29) is 10.1 Å². The van der Waals surface area contributed by atoms with Crippen molar-refractivity contribution in [3.8, 4) is 0 Å². The number of hydrogen-bond acceptors (Lipinski definition) is 7. The number of thioether (sulfide) groups is 1. The Morgan fingerprint density at radius 1 is 1.53 bits per heavy atom. The van der Waals surface area contributed by atoms with Gasteiger partial charge in [-0.2, -0.15) is 0 Å². The van der Waals surface area contributed by atoms with E-state index in [0.717, 1.165) is 16.7 Å². The number of nitrogens with zero attached hydrogens (tertiary/aromatic N) is 1. The first kappa shape index (κ1) is 11.9. The van der Waals surface area contributed by atoms with Crippen molar-refractivity contribution in [2.75, 3.05) is 5.75 Å². The lowest BCUT2D eigenvalue weighted by Crippen LogP contribution is -2.52. The largest absolute Gasteiger partial charge is 0.550 e. The van der Waals surface area contributed by atoms with Crippen molar-refractivity contribution < 1.29 is 24.6 Å². The fraction of sp³-hybridized carbons (Fsp3) is 0.429. The average Bonchev–Trinajstić information content (AvgIpc) is 2.42. The molecule has 1 aliphatic heterocycles. The van der Waals surface area contributed by atoms with Crippen molar-refractivity contribution in [1.82, 2.24) is 4.90 Å². The summed E-state index contributed by atoms with van der Waals surface area (Å²) < 4.78 is 0.0513. The molecule has 1 rings (SSSR count). The molecule has 1 saturated heterocycles. The van der Waals surface area contributed by atoms with Crippen LogP contribution in [-0.2, 0) is 14.4 Å². The third kappa shape index (κ3) is 2.66. The monoisotopic (exact) mass is 247 g/mol. The normalized spacial score (nSPS) is 18.0. The van der Waals surface area contributed by atoms with Gasteiger partial charge < -0.3 is 19.8 Å². The van der Waals surface area contributed by atoms with Crippen molar-refractivity contribution in [2.24, 2.45) is 0 Å². The van der Waals surface area contributed by atoms with E-state index in [1.54, 1.807) is 0 Å². The number of carboxylic acids is 2. The number of rotatable bonds is 4. The molecule has 0 unspecified atom stereocenters. The van der Waals surface area contributed by atoms with Crippen molar-refractivity contribution in [1.29, 1.82) is 0 Å². The van der Waals surface area contributed by atoms with Gasteiger partial charge in [0.25, 0.3) is 0 Å². The minimum absolute atomic E-state index is 0.0235. The van der Waals surface area contributed by atoms with Crippen LogP contribution < -0.4 is 10.2 Å². The molecule has 1 fully saturated rings. The highest BCUT2D eigenvalue weighted by Gasteiger charge is 2.33.